The molecule has 1 unspecified atom stereocenters. The molecule has 1 aliphatic rings. The number of hydrogen-bond acceptors (Lipinski definition) is 2. The molecular weight excluding hydrogens is 289 g/mol. The summed E-state index contributed by atoms with van der Waals surface area (Å²) in [6.07, 6.45) is 4.70. The zero-order valence-electron chi connectivity index (χ0n) is 10.9. The van der Waals surface area contributed by atoms with Gasteiger partial charge >= 0.3 is 0 Å². The normalized spacial score (nSPS) is 22.3. The van der Waals surface area contributed by atoms with E-state index in [-0.39, 0.29) is 32.7 Å². The van der Waals surface area contributed by atoms with Crippen molar-refractivity contribution in [3.05, 3.63) is 22.9 Å². The van der Waals surface area contributed by atoms with Crippen LogP contribution in [-0.2, 0) is 32.7 Å². The van der Waals surface area contributed by atoms with Crippen LogP contribution in [0.3, 0.4) is 0 Å². The predicted octanol–water partition coefficient (Wildman–Crippen LogP) is 1.98. The molecule has 95 valence electrons. The quantitative estimate of drug-likeness (QED) is 0.729. The molecule has 4 nitrogen and oxygen atoms in total. The first kappa shape index (κ1) is 17.2. The van der Waals surface area contributed by atoms with Gasteiger partial charge in [-0.05, 0) is 33.0 Å². The molecule has 1 atom stereocenters. The molecule has 0 spiro atoms. The molecule has 0 aromatic rings. The average Bonchev–Trinajstić information content (AvgIpc) is 2.35. The van der Waals surface area contributed by atoms with Crippen LogP contribution in [0.25, 0.3) is 11.1 Å². The van der Waals surface area contributed by atoms with Crippen LogP contribution in [-0.4, -0.2) is 55.3 Å². The summed E-state index contributed by atoms with van der Waals surface area (Å²) in [4.78, 5) is 4.69. The summed E-state index contributed by atoms with van der Waals surface area (Å²) < 4.78 is 0. The molecule has 1 radical (unpaired) electrons. The molecule has 1 aliphatic heterocycles. The van der Waals surface area contributed by atoms with Gasteiger partial charge in [-0.25, -0.2) is 0 Å². The van der Waals surface area contributed by atoms with Gasteiger partial charge in [-0.15, -0.1) is 0 Å². The van der Waals surface area contributed by atoms with Gasteiger partial charge in [0.05, 0.1) is 0 Å². The molecule has 0 aromatic carbocycles. The minimum atomic E-state index is 0. The van der Waals surface area contributed by atoms with Gasteiger partial charge in [0.25, 0.3) is 0 Å². The van der Waals surface area contributed by atoms with Gasteiger partial charge in [0.2, 0.25) is 0 Å². The Morgan fingerprint density at radius 1 is 1.59 bits per heavy atom. The number of likely N-dealkylation sites (tertiary alicyclic amines) is 1. The Morgan fingerprint density at radius 2 is 2.29 bits per heavy atom. The van der Waals surface area contributed by atoms with Gasteiger partial charge in [0.1, 0.15) is 0 Å². The Morgan fingerprint density at radius 3 is 2.82 bits per heavy atom. The van der Waals surface area contributed by atoms with Crippen LogP contribution in [0.4, 0.5) is 0 Å². The van der Waals surface area contributed by atoms with E-state index >= 15 is 0 Å². The number of piperidine rings is 1. The van der Waals surface area contributed by atoms with Crippen LogP contribution in [0, 0.1) is 0 Å². The SMILES string of the molecule is CCN1CCCC(N(C)C/C(C=[N-])=C/[NH-])C1.[Y]. The Bertz CT molecular complexity index is 255. The molecule has 0 aromatic heterocycles. The summed E-state index contributed by atoms with van der Waals surface area (Å²) in [6.45, 7) is 6.26. The Hall–Kier alpha value is 0.234. The van der Waals surface area contributed by atoms with Gasteiger partial charge in [-0.2, -0.15) is 12.4 Å². The number of hydrogen-bond donors (Lipinski definition) is 0. The van der Waals surface area contributed by atoms with Gasteiger partial charge in [-0.3, -0.25) is 4.90 Å². The van der Waals surface area contributed by atoms with Crippen molar-refractivity contribution < 1.29 is 32.7 Å². The van der Waals surface area contributed by atoms with E-state index in [0.717, 1.165) is 19.3 Å². The monoisotopic (exact) mass is 311 g/mol. The first-order valence-electron chi connectivity index (χ1n) is 5.97. The maximum atomic E-state index is 8.92. The number of likely N-dealkylation sites (N-methyl/N-ethyl adjacent to an activating group) is 2. The van der Waals surface area contributed by atoms with Crippen molar-refractivity contribution in [2.75, 3.05) is 33.2 Å². The van der Waals surface area contributed by atoms with Crippen molar-refractivity contribution in [1.29, 1.82) is 0 Å². The topological polar surface area (TPSA) is 52.6 Å². The summed E-state index contributed by atoms with van der Waals surface area (Å²) in [7, 11) is 2.07. The molecule has 1 fully saturated rings. The van der Waals surface area contributed by atoms with Crippen molar-refractivity contribution in [3.8, 4) is 0 Å². The van der Waals surface area contributed by atoms with Crippen molar-refractivity contribution >= 4 is 6.21 Å². The van der Waals surface area contributed by atoms with Gasteiger partial charge in [0, 0.05) is 51.8 Å². The fraction of sp³-hybridized carbons (Fsp3) is 0.750. The molecule has 0 bridgehead atoms. The Kier molecular flexibility index (Phi) is 9.33. The molecule has 5 heteroatoms. The Labute approximate surface area is 130 Å². The number of nitrogens with one attached hydrogen (secondary N) is 1. The summed E-state index contributed by atoms with van der Waals surface area (Å²) in [5.74, 6) is 0. The second kappa shape index (κ2) is 9.20. The van der Waals surface area contributed by atoms with Crippen LogP contribution in [0.1, 0.15) is 19.8 Å². The van der Waals surface area contributed by atoms with E-state index in [0.29, 0.717) is 18.2 Å². The minimum Gasteiger partial charge on any atom is -0.810 e. The van der Waals surface area contributed by atoms with E-state index in [1.54, 1.807) is 0 Å². The third-order valence-corrected chi connectivity index (χ3v) is 3.33. The Balaban J connectivity index is 0.00000256. The standard InChI is InChI=1S/C12H22N4.Y/c1-3-16-6-4-5-12(10-16)15(2)9-11(7-13)8-14;/h7-8,12-13H,3-6,9-10H2,1-2H3;/q-2;/b11-7+;. The molecule has 17 heavy (non-hydrogen) atoms. The van der Waals surface area contributed by atoms with Crippen molar-refractivity contribution in [2.24, 2.45) is 0 Å². The zero-order valence-corrected chi connectivity index (χ0v) is 13.7. The van der Waals surface area contributed by atoms with Gasteiger partial charge in [0.15, 0.2) is 0 Å². The smallest absolute Gasteiger partial charge is 0.0224 e. The van der Waals surface area contributed by atoms with Gasteiger partial charge in [-0.1, -0.05) is 12.5 Å². The van der Waals surface area contributed by atoms with Crippen LogP contribution < -0.4 is 0 Å². The summed E-state index contributed by atoms with van der Waals surface area (Å²) in [5, 5.41) is 8.92. The van der Waals surface area contributed by atoms with Crippen molar-refractivity contribution in [3.63, 3.8) is 0 Å². The molecule has 1 heterocycles. The fourth-order valence-electron chi connectivity index (χ4n) is 2.22. The van der Waals surface area contributed by atoms with Crippen LogP contribution in [0.15, 0.2) is 11.8 Å². The second-order valence-corrected chi connectivity index (χ2v) is 4.45. The molecule has 0 amide bonds. The molecular formula is C12H22N4Y-2. The zero-order chi connectivity index (χ0) is 12.0. The fourth-order valence-corrected chi connectivity index (χ4v) is 2.22. The first-order valence-corrected chi connectivity index (χ1v) is 5.97. The second-order valence-electron chi connectivity index (χ2n) is 4.45. The van der Waals surface area contributed by atoms with E-state index in [1.165, 1.54) is 25.6 Å². The minimum absolute atomic E-state index is 0. The van der Waals surface area contributed by atoms with Crippen molar-refractivity contribution in [2.45, 2.75) is 25.8 Å². The number of rotatable bonds is 5. The molecule has 1 saturated heterocycles. The van der Waals surface area contributed by atoms with Gasteiger partial charge < -0.3 is 16.0 Å². The summed E-state index contributed by atoms with van der Waals surface area (Å²) >= 11 is 0. The van der Waals surface area contributed by atoms with Crippen LogP contribution >= 0.6 is 0 Å². The first-order chi connectivity index (χ1) is 7.71. The summed E-state index contributed by atoms with van der Waals surface area (Å²) in [6, 6.07) is 0.545. The van der Waals surface area contributed by atoms with E-state index in [4.69, 9.17) is 11.1 Å². The third-order valence-electron chi connectivity index (χ3n) is 3.33. The molecule has 0 saturated carbocycles. The van der Waals surface area contributed by atoms with Crippen LogP contribution in [0.5, 0.6) is 0 Å². The molecule has 1 rings (SSSR count). The largest absolute Gasteiger partial charge is 0.810 e. The third kappa shape index (κ3) is 5.60. The van der Waals surface area contributed by atoms with Crippen molar-refractivity contribution in [1.82, 2.24) is 9.80 Å². The average molecular weight is 311 g/mol. The van der Waals surface area contributed by atoms with E-state index in [1.807, 2.05) is 0 Å². The van der Waals surface area contributed by atoms with E-state index in [9.17, 15) is 0 Å². The maximum Gasteiger partial charge on any atom is 0.0224 e. The number of nitrogens with zero attached hydrogens (tertiary/aromatic N) is 3. The van der Waals surface area contributed by atoms with Crippen LogP contribution in [0.2, 0.25) is 0 Å². The van der Waals surface area contributed by atoms with E-state index in [2.05, 4.69) is 23.8 Å². The predicted molar refractivity (Wildman–Crippen MR) is 69.6 cm³/mol. The molecule has 1 N–H and O–H groups in total. The maximum absolute atomic E-state index is 8.92. The van der Waals surface area contributed by atoms with E-state index < -0.39 is 0 Å². The molecule has 0 aliphatic carbocycles. The summed E-state index contributed by atoms with van der Waals surface area (Å²) in [5.41, 5.74) is 7.82.